The highest BCUT2D eigenvalue weighted by Gasteiger charge is 2.21. The Bertz CT molecular complexity index is 1690. The number of methoxy groups -OCH3 is 1. The number of halogens is 3. The van der Waals surface area contributed by atoms with Crippen LogP contribution in [-0.2, 0) is 17.9 Å². The van der Waals surface area contributed by atoms with Crippen molar-refractivity contribution in [1.82, 2.24) is 25.9 Å². The maximum Gasteiger partial charge on any atom is 0.274 e. The molecule has 46 heavy (non-hydrogen) atoms. The molecule has 2 aromatic carbocycles. The summed E-state index contributed by atoms with van der Waals surface area (Å²) in [5.74, 6) is 0.363. The number of benzene rings is 2. The molecule has 2 amide bonds. The van der Waals surface area contributed by atoms with Gasteiger partial charge in [0.25, 0.3) is 5.91 Å². The van der Waals surface area contributed by atoms with Crippen LogP contribution in [0.15, 0.2) is 67.0 Å². The van der Waals surface area contributed by atoms with Gasteiger partial charge in [-0.1, -0.05) is 53.5 Å². The molecule has 1 fully saturated rings. The summed E-state index contributed by atoms with van der Waals surface area (Å²) in [4.78, 5) is 33.3. The number of amides is 2. The molecule has 5 rings (SSSR count). The largest absolute Gasteiger partial charge is 0.496 e. The van der Waals surface area contributed by atoms with Crippen LogP contribution in [0.25, 0.3) is 22.4 Å². The smallest absolute Gasteiger partial charge is 0.274 e. The molecule has 1 aliphatic heterocycles. The first-order valence-electron chi connectivity index (χ1n) is 15.0. The monoisotopic (exact) mass is 664 g/mol. The van der Waals surface area contributed by atoms with Gasteiger partial charge in [-0.2, -0.15) is 0 Å². The number of nitrogens with zero attached hydrogens (tertiary/aromatic N) is 2. The number of rotatable bonds is 14. The lowest BCUT2D eigenvalue weighted by Gasteiger charge is -2.16. The van der Waals surface area contributed by atoms with Gasteiger partial charge < -0.3 is 26.0 Å². The highest BCUT2D eigenvalue weighted by atomic mass is 35.5. The van der Waals surface area contributed by atoms with E-state index in [9.17, 15) is 14.0 Å². The Morgan fingerprint density at radius 1 is 1.04 bits per heavy atom. The van der Waals surface area contributed by atoms with E-state index in [0.717, 1.165) is 23.1 Å². The predicted octanol–water partition coefficient (Wildman–Crippen LogP) is 6.20. The molecule has 4 aromatic rings. The van der Waals surface area contributed by atoms with Crippen LogP contribution in [0, 0.1) is 0 Å². The van der Waals surface area contributed by atoms with E-state index in [1.165, 1.54) is 0 Å². The Labute approximate surface area is 277 Å². The molecule has 1 saturated heterocycles. The number of carbonyl (C=O) groups is 2. The first kappa shape index (κ1) is 33.3. The fourth-order valence-electron chi connectivity index (χ4n) is 5.21. The Balaban J connectivity index is 1.30. The van der Waals surface area contributed by atoms with Gasteiger partial charge in [0.2, 0.25) is 5.91 Å². The zero-order valence-corrected chi connectivity index (χ0v) is 26.8. The maximum absolute atomic E-state index is 13.0. The van der Waals surface area contributed by atoms with E-state index in [1.807, 2.05) is 24.3 Å². The third kappa shape index (κ3) is 8.19. The number of ether oxygens (including phenoxy) is 1. The van der Waals surface area contributed by atoms with E-state index in [1.54, 1.807) is 49.8 Å². The highest BCUT2D eigenvalue weighted by Crippen LogP contribution is 2.41. The molecule has 0 radical (unpaired) electrons. The van der Waals surface area contributed by atoms with Crippen molar-refractivity contribution in [2.45, 2.75) is 38.4 Å². The second kappa shape index (κ2) is 16.0. The lowest BCUT2D eigenvalue weighted by molar-refractivity contribution is -0.119. The number of alkyl halides is 1. The third-order valence-electron chi connectivity index (χ3n) is 7.65. The average Bonchev–Trinajstić information content (AvgIpc) is 3.49. The molecule has 1 unspecified atom stereocenters. The first-order chi connectivity index (χ1) is 22.4. The van der Waals surface area contributed by atoms with E-state index in [2.05, 4.69) is 31.2 Å². The van der Waals surface area contributed by atoms with Gasteiger partial charge in [0.1, 0.15) is 11.4 Å². The minimum Gasteiger partial charge on any atom is -0.496 e. The second-order valence-corrected chi connectivity index (χ2v) is 11.6. The molecule has 9 nitrogen and oxygen atoms in total. The van der Waals surface area contributed by atoms with Crippen LogP contribution in [-0.4, -0.2) is 54.7 Å². The molecule has 1 aliphatic rings. The Morgan fingerprint density at radius 3 is 2.63 bits per heavy atom. The Hall–Kier alpha value is -4.09. The van der Waals surface area contributed by atoms with Crippen LogP contribution in [0.2, 0.25) is 10.0 Å². The topological polar surface area (TPSA) is 117 Å². The zero-order valence-electron chi connectivity index (χ0n) is 25.3. The number of carbonyl (C=O) groups excluding carboxylic acids is 2. The summed E-state index contributed by atoms with van der Waals surface area (Å²) < 4.78 is 18.0. The summed E-state index contributed by atoms with van der Waals surface area (Å²) in [6.07, 6.45) is 5.12. The van der Waals surface area contributed by atoms with Crippen LogP contribution in [0.1, 0.15) is 40.9 Å². The van der Waals surface area contributed by atoms with Crippen LogP contribution >= 0.6 is 23.2 Å². The van der Waals surface area contributed by atoms with E-state index < -0.39 is 5.91 Å². The molecule has 0 spiro atoms. The molecule has 0 bridgehead atoms. The summed E-state index contributed by atoms with van der Waals surface area (Å²) in [5.41, 5.74) is 5.09. The van der Waals surface area contributed by atoms with Crippen LogP contribution in [0.4, 0.5) is 10.1 Å². The van der Waals surface area contributed by atoms with E-state index in [4.69, 9.17) is 27.9 Å². The molecule has 2 aromatic heterocycles. The van der Waals surface area contributed by atoms with Crippen molar-refractivity contribution < 1.29 is 18.7 Å². The molecular weight excluding hydrogens is 630 g/mol. The quantitative estimate of drug-likeness (QED) is 0.119. The van der Waals surface area contributed by atoms with Gasteiger partial charge in [0.05, 0.1) is 35.2 Å². The standard InChI is InChI=1S/C34H35Cl2FN6O3/c1-46-29-16-22(7-8-23(29)19-39-20-24-9-11-30(44)42-24)33-32(36)26(12-15-40-33)25-4-2-5-27(31(25)35)43-34(45)28-10-6-21(18-41-28)17-38-14-3-13-37/h2,4-8,10,12,15-16,18,24,38-39H,3,9,11,13-14,17,19-20H2,1H3,(H,42,44)(H,43,45). The fourth-order valence-corrected chi connectivity index (χ4v) is 5.81. The highest BCUT2D eigenvalue weighted by molar-refractivity contribution is 6.39. The van der Waals surface area contributed by atoms with Gasteiger partial charge >= 0.3 is 0 Å². The maximum atomic E-state index is 13.0. The van der Waals surface area contributed by atoms with Gasteiger partial charge in [-0.3, -0.25) is 23.9 Å². The molecule has 0 aliphatic carbocycles. The van der Waals surface area contributed by atoms with Gasteiger partial charge in [0, 0.05) is 66.7 Å². The van der Waals surface area contributed by atoms with Crippen molar-refractivity contribution in [3.8, 4) is 28.1 Å². The normalized spacial score (nSPS) is 14.3. The second-order valence-electron chi connectivity index (χ2n) is 10.9. The summed E-state index contributed by atoms with van der Waals surface area (Å²) in [6.45, 7) is 1.99. The molecule has 1 atom stereocenters. The van der Waals surface area contributed by atoms with Crippen LogP contribution in [0.5, 0.6) is 5.75 Å². The number of anilines is 1. The van der Waals surface area contributed by atoms with Crippen molar-refractivity contribution in [1.29, 1.82) is 0 Å². The minimum atomic E-state index is -0.410. The first-order valence-corrected chi connectivity index (χ1v) is 15.8. The lowest BCUT2D eigenvalue weighted by Crippen LogP contribution is -2.35. The van der Waals surface area contributed by atoms with Crippen molar-refractivity contribution in [3.05, 3.63) is 93.9 Å². The summed E-state index contributed by atoms with van der Waals surface area (Å²) >= 11 is 13.8. The van der Waals surface area contributed by atoms with Crippen molar-refractivity contribution >= 4 is 40.7 Å². The van der Waals surface area contributed by atoms with Gasteiger partial charge in [-0.25, -0.2) is 0 Å². The van der Waals surface area contributed by atoms with Crippen molar-refractivity contribution in [3.63, 3.8) is 0 Å². The van der Waals surface area contributed by atoms with Crippen molar-refractivity contribution in [2.75, 3.05) is 32.2 Å². The van der Waals surface area contributed by atoms with Gasteiger partial charge in [-0.15, -0.1) is 0 Å². The molecule has 4 N–H and O–H groups in total. The zero-order chi connectivity index (χ0) is 32.5. The van der Waals surface area contributed by atoms with E-state index in [0.29, 0.717) is 77.3 Å². The average molecular weight is 666 g/mol. The molecule has 0 saturated carbocycles. The third-order valence-corrected chi connectivity index (χ3v) is 8.44. The van der Waals surface area contributed by atoms with Gasteiger partial charge in [-0.05, 0) is 49.2 Å². The van der Waals surface area contributed by atoms with Crippen molar-refractivity contribution in [2.24, 2.45) is 0 Å². The fraction of sp³-hybridized carbons (Fsp3) is 0.294. The van der Waals surface area contributed by atoms with E-state index >= 15 is 0 Å². The summed E-state index contributed by atoms with van der Waals surface area (Å²) in [6, 6.07) is 16.5. The SMILES string of the molecule is COc1cc(-c2nccc(-c3cccc(NC(=O)c4ccc(CNCCCF)cn4)c3Cl)c2Cl)ccc1CNCC1CCC(=O)N1. The molecule has 3 heterocycles. The number of aromatic nitrogens is 2. The summed E-state index contributed by atoms with van der Waals surface area (Å²) in [5, 5.41) is 13.0. The van der Waals surface area contributed by atoms with Crippen LogP contribution in [0.3, 0.4) is 0 Å². The van der Waals surface area contributed by atoms with Crippen LogP contribution < -0.4 is 26.0 Å². The Kier molecular flexibility index (Phi) is 11.5. The Morgan fingerprint density at radius 2 is 1.89 bits per heavy atom. The lowest BCUT2D eigenvalue weighted by atomic mass is 10.0. The summed E-state index contributed by atoms with van der Waals surface area (Å²) in [7, 11) is 1.61. The number of hydrogen-bond acceptors (Lipinski definition) is 7. The number of nitrogens with one attached hydrogen (secondary N) is 4. The number of hydrogen-bond donors (Lipinski definition) is 4. The molecular formula is C34H35Cl2FN6O3. The van der Waals surface area contributed by atoms with Gasteiger partial charge in [0.15, 0.2) is 0 Å². The molecule has 12 heteroatoms. The molecule has 240 valence electrons. The minimum absolute atomic E-state index is 0.0918. The predicted molar refractivity (Wildman–Crippen MR) is 179 cm³/mol. The van der Waals surface area contributed by atoms with E-state index in [-0.39, 0.29) is 24.3 Å². The number of pyridine rings is 2.